The molecule has 0 saturated heterocycles. The fourth-order valence-electron chi connectivity index (χ4n) is 8.18. The number of hydrogen-bond acceptors (Lipinski definition) is 6. The van der Waals surface area contributed by atoms with Crippen LogP contribution in [0.4, 0.5) is 0 Å². The number of ether oxygens (including phenoxy) is 3. The molecule has 74 heavy (non-hydrogen) atoms. The number of allylic oxidation sites excluding steroid dienone is 20. The van der Waals surface area contributed by atoms with Gasteiger partial charge >= 0.3 is 17.9 Å². The van der Waals surface area contributed by atoms with E-state index >= 15 is 0 Å². The third-order valence-electron chi connectivity index (χ3n) is 12.7. The van der Waals surface area contributed by atoms with Crippen LogP contribution in [0.3, 0.4) is 0 Å². The van der Waals surface area contributed by atoms with Crippen LogP contribution in [0.15, 0.2) is 122 Å². The van der Waals surface area contributed by atoms with Crippen molar-refractivity contribution in [2.45, 2.75) is 277 Å². The Morgan fingerprint density at radius 3 is 0.919 bits per heavy atom. The van der Waals surface area contributed by atoms with Gasteiger partial charge in [0.25, 0.3) is 0 Å². The Hall–Kier alpha value is -4.19. The SMILES string of the molecule is CC/C=C\C/C=C\C/C=C\C/C=C\C/C=C\CCCCCC(=O)OCC(COC(=O)CCCCCCC/C=C\C=C/CCCCCCCCC)OC(=O)CCCCCCCCCCC/C=C\C/C=C\C/C=C\CC. The molecule has 0 radical (unpaired) electrons. The molecule has 0 saturated carbocycles. The monoisotopic (exact) mass is 1020 g/mol. The van der Waals surface area contributed by atoms with E-state index in [1.165, 1.54) is 89.9 Å². The quantitative estimate of drug-likeness (QED) is 0.0199. The van der Waals surface area contributed by atoms with Crippen molar-refractivity contribution < 1.29 is 28.6 Å². The van der Waals surface area contributed by atoms with Crippen molar-refractivity contribution in [2.24, 2.45) is 0 Å². The summed E-state index contributed by atoms with van der Waals surface area (Å²) in [4.78, 5) is 38.3. The maximum absolute atomic E-state index is 12.9. The van der Waals surface area contributed by atoms with Crippen LogP contribution in [-0.4, -0.2) is 37.2 Å². The van der Waals surface area contributed by atoms with Gasteiger partial charge in [-0.15, -0.1) is 0 Å². The summed E-state index contributed by atoms with van der Waals surface area (Å²) in [6, 6.07) is 0. The first-order chi connectivity index (χ1) is 36.5. The number of carbonyl (C=O) groups excluding carboxylic acids is 3. The minimum Gasteiger partial charge on any atom is -0.462 e. The van der Waals surface area contributed by atoms with E-state index in [1.54, 1.807) is 0 Å². The molecule has 0 spiro atoms. The zero-order chi connectivity index (χ0) is 53.6. The average molecular weight is 1030 g/mol. The van der Waals surface area contributed by atoms with Gasteiger partial charge in [0.2, 0.25) is 0 Å². The Kier molecular flexibility index (Phi) is 57.9. The van der Waals surface area contributed by atoms with Crippen LogP contribution in [-0.2, 0) is 28.6 Å². The Morgan fingerprint density at radius 1 is 0.297 bits per heavy atom. The molecule has 0 aliphatic carbocycles. The molecule has 420 valence electrons. The molecule has 0 aromatic carbocycles. The first kappa shape index (κ1) is 69.8. The highest BCUT2D eigenvalue weighted by Crippen LogP contribution is 2.15. The molecule has 0 aromatic heterocycles. The average Bonchev–Trinajstić information content (AvgIpc) is 3.40. The van der Waals surface area contributed by atoms with E-state index < -0.39 is 6.10 Å². The summed E-state index contributed by atoms with van der Waals surface area (Å²) in [5, 5.41) is 0. The first-order valence-corrected chi connectivity index (χ1v) is 30.6. The van der Waals surface area contributed by atoms with E-state index in [4.69, 9.17) is 14.2 Å². The van der Waals surface area contributed by atoms with Crippen molar-refractivity contribution in [1.82, 2.24) is 0 Å². The summed E-state index contributed by atoms with van der Waals surface area (Å²) in [5.41, 5.74) is 0. The van der Waals surface area contributed by atoms with Crippen LogP contribution >= 0.6 is 0 Å². The van der Waals surface area contributed by atoms with Gasteiger partial charge in [-0.25, -0.2) is 0 Å². The molecule has 0 rings (SSSR count). The molecule has 1 unspecified atom stereocenters. The number of unbranched alkanes of at least 4 members (excludes halogenated alkanes) is 24. The second-order valence-corrected chi connectivity index (χ2v) is 19.9. The molecule has 0 aromatic rings. The van der Waals surface area contributed by atoms with Crippen LogP contribution in [0.5, 0.6) is 0 Å². The van der Waals surface area contributed by atoms with Crippen LogP contribution in [0.25, 0.3) is 0 Å². The normalized spacial score (nSPS) is 13.0. The van der Waals surface area contributed by atoms with E-state index in [1.807, 2.05) is 0 Å². The highest BCUT2D eigenvalue weighted by atomic mass is 16.6. The van der Waals surface area contributed by atoms with Gasteiger partial charge in [-0.1, -0.05) is 251 Å². The number of hydrogen-bond donors (Lipinski definition) is 0. The molecule has 0 bridgehead atoms. The van der Waals surface area contributed by atoms with Crippen molar-refractivity contribution in [3.63, 3.8) is 0 Å². The van der Waals surface area contributed by atoms with Gasteiger partial charge in [0, 0.05) is 19.3 Å². The number of rotatable bonds is 54. The van der Waals surface area contributed by atoms with Gasteiger partial charge in [0.05, 0.1) is 0 Å². The molecule has 1 atom stereocenters. The Bertz CT molecular complexity index is 1550. The summed E-state index contributed by atoms with van der Waals surface area (Å²) in [6.07, 6.45) is 84.7. The van der Waals surface area contributed by atoms with Crippen LogP contribution < -0.4 is 0 Å². The predicted octanol–water partition coefficient (Wildman–Crippen LogP) is 20.8. The lowest BCUT2D eigenvalue weighted by molar-refractivity contribution is -0.167. The van der Waals surface area contributed by atoms with Crippen molar-refractivity contribution in [1.29, 1.82) is 0 Å². The standard InChI is InChI=1S/C68H112O6/c1-4-7-10-13-16-19-22-25-28-31-34-37-40-43-46-49-52-55-58-61-67(70)73-64-65(63-72-66(69)60-57-54-51-48-45-42-39-36-33-30-27-24-21-18-15-12-9-6-3)74-68(71)62-59-56-53-50-47-44-41-38-35-32-29-26-23-20-17-14-11-8-5-2/h7-8,10-11,16-17,19-20,25-26,28-30,33-34,36-37,39,43,46,65H,4-6,9,12-15,18,21-24,27,31-32,35,38,40-42,44-45,47-64H2,1-3H3/b10-7-,11-8-,19-16-,20-17-,28-25-,29-26-,33-30-,37-34-,39-36-,46-43-. The summed E-state index contributed by atoms with van der Waals surface area (Å²) >= 11 is 0. The first-order valence-electron chi connectivity index (χ1n) is 30.6. The third-order valence-corrected chi connectivity index (χ3v) is 12.7. The van der Waals surface area contributed by atoms with Crippen molar-refractivity contribution in [2.75, 3.05) is 13.2 Å². The molecular formula is C68H112O6. The van der Waals surface area contributed by atoms with Gasteiger partial charge in [0.1, 0.15) is 13.2 Å². The van der Waals surface area contributed by atoms with Crippen LogP contribution in [0, 0.1) is 0 Å². The summed E-state index contributed by atoms with van der Waals surface area (Å²) in [7, 11) is 0. The van der Waals surface area contributed by atoms with Gasteiger partial charge in [0.15, 0.2) is 6.10 Å². The minimum atomic E-state index is -0.806. The Morgan fingerprint density at radius 2 is 0.568 bits per heavy atom. The van der Waals surface area contributed by atoms with Crippen molar-refractivity contribution >= 4 is 17.9 Å². The summed E-state index contributed by atoms with van der Waals surface area (Å²) in [5.74, 6) is -0.951. The largest absolute Gasteiger partial charge is 0.462 e. The lowest BCUT2D eigenvalue weighted by atomic mass is 10.1. The maximum Gasteiger partial charge on any atom is 0.306 e. The predicted molar refractivity (Wildman–Crippen MR) is 320 cm³/mol. The summed E-state index contributed by atoms with van der Waals surface area (Å²) < 4.78 is 16.9. The minimum absolute atomic E-state index is 0.101. The second kappa shape index (κ2) is 61.4. The zero-order valence-electron chi connectivity index (χ0n) is 48.1. The Labute approximate surface area is 456 Å². The highest BCUT2D eigenvalue weighted by molar-refractivity contribution is 5.71. The smallest absolute Gasteiger partial charge is 0.306 e. The van der Waals surface area contributed by atoms with E-state index in [0.717, 1.165) is 141 Å². The fourth-order valence-corrected chi connectivity index (χ4v) is 8.18. The van der Waals surface area contributed by atoms with Gasteiger partial charge in [-0.2, -0.15) is 0 Å². The zero-order valence-corrected chi connectivity index (χ0v) is 48.1. The van der Waals surface area contributed by atoms with E-state index in [9.17, 15) is 14.4 Å². The molecule has 0 N–H and O–H groups in total. The topological polar surface area (TPSA) is 78.9 Å². The molecule has 0 fully saturated rings. The van der Waals surface area contributed by atoms with E-state index in [2.05, 4.69) is 142 Å². The van der Waals surface area contributed by atoms with Crippen molar-refractivity contribution in [3.05, 3.63) is 122 Å². The van der Waals surface area contributed by atoms with Gasteiger partial charge in [-0.05, 0) is 122 Å². The molecule has 6 nitrogen and oxygen atoms in total. The molecule has 0 amide bonds. The molecule has 0 aliphatic rings. The molecule has 0 heterocycles. The molecule has 6 heteroatoms. The van der Waals surface area contributed by atoms with Crippen molar-refractivity contribution in [3.8, 4) is 0 Å². The second-order valence-electron chi connectivity index (χ2n) is 19.9. The highest BCUT2D eigenvalue weighted by Gasteiger charge is 2.19. The number of esters is 3. The third kappa shape index (κ3) is 58.7. The summed E-state index contributed by atoms with van der Waals surface area (Å²) in [6.45, 7) is 6.38. The Balaban J connectivity index is 4.50. The molecular weight excluding hydrogens is 913 g/mol. The lowest BCUT2D eigenvalue weighted by Gasteiger charge is -2.18. The van der Waals surface area contributed by atoms with Gasteiger partial charge < -0.3 is 14.2 Å². The number of carbonyl (C=O) groups is 3. The van der Waals surface area contributed by atoms with E-state index in [0.29, 0.717) is 19.3 Å². The van der Waals surface area contributed by atoms with E-state index in [-0.39, 0.29) is 31.1 Å². The van der Waals surface area contributed by atoms with Gasteiger partial charge in [-0.3, -0.25) is 14.4 Å². The molecule has 0 aliphatic heterocycles. The fraction of sp³-hybridized carbons (Fsp3) is 0.662. The van der Waals surface area contributed by atoms with Crippen LogP contribution in [0.2, 0.25) is 0 Å². The lowest BCUT2D eigenvalue weighted by Crippen LogP contribution is -2.30. The maximum atomic E-state index is 12.9. The van der Waals surface area contributed by atoms with Crippen LogP contribution in [0.1, 0.15) is 271 Å².